The van der Waals surface area contributed by atoms with Gasteiger partial charge in [-0.1, -0.05) is 19.9 Å². The lowest BCUT2D eigenvalue weighted by atomic mass is 9.79. The third-order valence-electron chi connectivity index (χ3n) is 6.39. The maximum Gasteiger partial charge on any atom is 0.389 e. The number of aryl methyl sites for hydroxylation is 2. The molecule has 0 aliphatic heterocycles. The summed E-state index contributed by atoms with van der Waals surface area (Å²) in [6.45, 7) is 3.86. The van der Waals surface area contributed by atoms with Gasteiger partial charge in [0.25, 0.3) is 5.91 Å². The summed E-state index contributed by atoms with van der Waals surface area (Å²) in [5.41, 5.74) is -0.805. The van der Waals surface area contributed by atoms with Crippen LogP contribution in [0.5, 0.6) is 5.75 Å². The van der Waals surface area contributed by atoms with Gasteiger partial charge in [-0.3, -0.25) is 9.36 Å². The van der Waals surface area contributed by atoms with Gasteiger partial charge in [0.2, 0.25) is 5.95 Å². The van der Waals surface area contributed by atoms with Crippen molar-refractivity contribution in [3.63, 3.8) is 0 Å². The number of alkyl halides is 3. The van der Waals surface area contributed by atoms with E-state index < -0.39 is 47.3 Å². The number of hydrogen-bond donors (Lipinski definition) is 2. The third kappa shape index (κ3) is 8.35. The van der Waals surface area contributed by atoms with Crippen LogP contribution < -0.4 is 10.1 Å². The lowest BCUT2D eigenvalue weighted by Crippen LogP contribution is -2.45. The Morgan fingerprint density at radius 2 is 1.92 bits per heavy atom. The molecule has 0 spiro atoms. The molecular formula is C24H31F4N3O5S. The molecule has 1 saturated carbocycles. The number of carbonyl (C=O) groups is 1. The van der Waals surface area contributed by atoms with Crippen molar-refractivity contribution in [2.45, 2.75) is 70.6 Å². The SMILES string of the molecule is CCc1nc(C(=O)NCC2(O)CCC(C)CC2)c(F)n1-c1ccc(CCC(F)(F)F)cc1OC.O=S=O. The fraction of sp³-hybridized carbons (Fsp3) is 0.583. The molecule has 1 heterocycles. The Balaban J connectivity index is 0.00000153. The van der Waals surface area contributed by atoms with E-state index in [1.54, 1.807) is 6.92 Å². The molecule has 2 aromatic rings. The van der Waals surface area contributed by atoms with E-state index in [1.165, 1.54) is 25.3 Å². The Bertz CT molecular complexity index is 1110. The summed E-state index contributed by atoms with van der Waals surface area (Å²) >= 11 is -0.750. The fourth-order valence-corrected chi connectivity index (χ4v) is 4.22. The van der Waals surface area contributed by atoms with E-state index in [0.29, 0.717) is 30.7 Å². The second kappa shape index (κ2) is 13.1. The number of ether oxygens (including phenoxy) is 1. The highest BCUT2D eigenvalue weighted by molar-refractivity contribution is 7.51. The molecule has 1 aromatic carbocycles. The van der Waals surface area contributed by atoms with Crippen LogP contribution in [0.25, 0.3) is 5.69 Å². The van der Waals surface area contributed by atoms with Gasteiger partial charge in [0, 0.05) is 19.4 Å². The number of benzene rings is 1. The van der Waals surface area contributed by atoms with Crippen molar-refractivity contribution in [3.8, 4) is 11.4 Å². The van der Waals surface area contributed by atoms with Crippen molar-refractivity contribution in [2.75, 3.05) is 13.7 Å². The molecule has 0 unspecified atom stereocenters. The van der Waals surface area contributed by atoms with Crippen LogP contribution in [0.1, 0.15) is 67.8 Å². The lowest BCUT2D eigenvalue weighted by Gasteiger charge is -2.34. The van der Waals surface area contributed by atoms with E-state index in [4.69, 9.17) is 13.2 Å². The van der Waals surface area contributed by atoms with Crippen molar-refractivity contribution >= 4 is 17.5 Å². The fourth-order valence-electron chi connectivity index (χ4n) is 4.22. The van der Waals surface area contributed by atoms with Gasteiger partial charge in [0.1, 0.15) is 11.6 Å². The van der Waals surface area contributed by atoms with Crippen LogP contribution in [0, 0.1) is 11.9 Å². The Kier molecular flexibility index (Phi) is 10.8. The molecule has 37 heavy (non-hydrogen) atoms. The molecule has 1 aliphatic rings. The number of carbonyl (C=O) groups excluding carboxylic acids is 1. The van der Waals surface area contributed by atoms with E-state index in [2.05, 4.69) is 17.2 Å². The monoisotopic (exact) mass is 549 g/mol. The quantitative estimate of drug-likeness (QED) is 0.481. The summed E-state index contributed by atoms with van der Waals surface area (Å²) < 4.78 is 76.2. The smallest absolute Gasteiger partial charge is 0.389 e. The van der Waals surface area contributed by atoms with E-state index in [0.717, 1.165) is 17.4 Å². The minimum absolute atomic E-state index is 0.00351. The highest BCUT2D eigenvalue weighted by atomic mass is 32.1. The van der Waals surface area contributed by atoms with E-state index in [9.17, 15) is 23.1 Å². The van der Waals surface area contributed by atoms with Gasteiger partial charge in [-0.2, -0.15) is 26.0 Å². The van der Waals surface area contributed by atoms with Crippen molar-refractivity contribution in [1.29, 1.82) is 0 Å². The van der Waals surface area contributed by atoms with Crippen LogP contribution in [-0.4, -0.2) is 54.4 Å². The maximum absolute atomic E-state index is 15.4. The number of aromatic nitrogens is 2. The number of methoxy groups -OCH3 is 1. The number of amides is 1. The molecule has 1 aliphatic carbocycles. The van der Waals surface area contributed by atoms with Crippen LogP contribution in [0.3, 0.4) is 0 Å². The Hall–Kier alpha value is -2.80. The largest absolute Gasteiger partial charge is 0.495 e. The van der Waals surface area contributed by atoms with Gasteiger partial charge in [0.15, 0.2) is 5.69 Å². The van der Waals surface area contributed by atoms with E-state index >= 15 is 4.39 Å². The van der Waals surface area contributed by atoms with Crippen LogP contribution in [0.4, 0.5) is 17.6 Å². The van der Waals surface area contributed by atoms with Crippen molar-refractivity contribution < 1.29 is 40.6 Å². The lowest BCUT2D eigenvalue weighted by molar-refractivity contribution is -0.134. The molecule has 8 nitrogen and oxygen atoms in total. The average molecular weight is 550 g/mol. The zero-order valence-electron chi connectivity index (χ0n) is 20.9. The number of aliphatic hydroxyl groups is 1. The zero-order chi connectivity index (χ0) is 27.8. The van der Waals surface area contributed by atoms with E-state index in [-0.39, 0.29) is 30.2 Å². The van der Waals surface area contributed by atoms with Gasteiger partial charge >= 0.3 is 17.7 Å². The minimum atomic E-state index is -4.29. The van der Waals surface area contributed by atoms with Crippen molar-refractivity contribution in [3.05, 3.63) is 41.2 Å². The van der Waals surface area contributed by atoms with Gasteiger partial charge in [-0.15, -0.1) is 0 Å². The first-order chi connectivity index (χ1) is 17.4. The topological polar surface area (TPSA) is 111 Å². The summed E-state index contributed by atoms with van der Waals surface area (Å²) in [7, 11) is 1.34. The maximum atomic E-state index is 15.4. The molecule has 0 saturated heterocycles. The first kappa shape index (κ1) is 30.4. The summed E-state index contributed by atoms with van der Waals surface area (Å²) in [5, 5.41) is 13.3. The third-order valence-corrected chi connectivity index (χ3v) is 6.39. The molecule has 3 rings (SSSR count). The van der Waals surface area contributed by atoms with E-state index in [1.807, 2.05) is 0 Å². The molecule has 13 heteroatoms. The average Bonchev–Trinajstić information content (AvgIpc) is 3.19. The molecule has 0 bridgehead atoms. The standard InChI is InChI=1S/C24H31F4N3O3.O2S/c1-4-19-30-20(22(32)29-14-23(33)10-7-15(2)8-11-23)21(25)31(19)17-6-5-16(13-18(17)34-3)9-12-24(26,27)28;1-3-2/h5-6,13,15,33H,4,7-12,14H2,1-3H3,(H,29,32);. The molecule has 1 aromatic heterocycles. The molecule has 2 N–H and O–H groups in total. The molecule has 1 amide bonds. The normalized spacial score (nSPS) is 19.5. The Morgan fingerprint density at radius 3 is 2.46 bits per heavy atom. The molecule has 1 fully saturated rings. The summed E-state index contributed by atoms with van der Waals surface area (Å²) in [5.74, 6) is -0.692. The van der Waals surface area contributed by atoms with Crippen LogP contribution in [-0.2, 0) is 24.4 Å². The second-order valence-corrected chi connectivity index (χ2v) is 9.27. The summed E-state index contributed by atoms with van der Waals surface area (Å²) in [6.07, 6.45) is -2.38. The molecule has 0 atom stereocenters. The molecular weight excluding hydrogens is 518 g/mol. The minimum Gasteiger partial charge on any atom is -0.495 e. The first-order valence-corrected chi connectivity index (χ1v) is 12.5. The van der Waals surface area contributed by atoms with Gasteiger partial charge in [0.05, 0.1) is 18.4 Å². The zero-order valence-corrected chi connectivity index (χ0v) is 21.7. The molecule has 0 radical (unpaired) electrons. The number of halogens is 4. The van der Waals surface area contributed by atoms with Crippen LogP contribution in [0.15, 0.2) is 18.2 Å². The predicted octanol–water partition coefficient (Wildman–Crippen LogP) is 4.08. The number of imidazole rings is 1. The van der Waals surface area contributed by atoms with Crippen molar-refractivity contribution in [2.24, 2.45) is 5.92 Å². The number of rotatable bonds is 8. The predicted molar refractivity (Wildman–Crippen MR) is 128 cm³/mol. The number of hydrogen-bond acceptors (Lipinski definition) is 6. The van der Waals surface area contributed by atoms with Crippen LogP contribution >= 0.6 is 0 Å². The highest BCUT2D eigenvalue weighted by Gasteiger charge is 2.33. The Labute approximate surface area is 216 Å². The highest BCUT2D eigenvalue weighted by Crippen LogP contribution is 2.32. The summed E-state index contributed by atoms with van der Waals surface area (Å²) in [4.78, 5) is 16.9. The first-order valence-electron chi connectivity index (χ1n) is 11.8. The van der Waals surface area contributed by atoms with Crippen LogP contribution in [0.2, 0.25) is 0 Å². The molecule has 206 valence electrons. The second-order valence-electron chi connectivity index (χ2n) is 9.14. The van der Waals surface area contributed by atoms with Gasteiger partial charge < -0.3 is 15.2 Å². The van der Waals surface area contributed by atoms with Gasteiger partial charge in [-0.25, -0.2) is 4.98 Å². The Morgan fingerprint density at radius 1 is 1.30 bits per heavy atom. The number of nitrogens with zero attached hydrogens (tertiary/aromatic N) is 2. The number of nitrogens with one attached hydrogen (secondary N) is 1. The van der Waals surface area contributed by atoms with Gasteiger partial charge in [-0.05, 0) is 55.7 Å². The summed E-state index contributed by atoms with van der Waals surface area (Å²) in [6, 6.07) is 4.36. The van der Waals surface area contributed by atoms with Crippen molar-refractivity contribution in [1.82, 2.24) is 14.9 Å².